The van der Waals surface area contributed by atoms with E-state index in [4.69, 9.17) is 5.73 Å². The molecule has 0 unspecified atom stereocenters. The van der Waals surface area contributed by atoms with Crippen molar-refractivity contribution in [1.29, 1.82) is 0 Å². The molecule has 0 saturated carbocycles. The van der Waals surface area contributed by atoms with E-state index in [1.54, 1.807) is 12.1 Å². The lowest BCUT2D eigenvalue weighted by Gasteiger charge is -2.07. The predicted molar refractivity (Wildman–Crippen MR) is 65.6 cm³/mol. The van der Waals surface area contributed by atoms with Gasteiger partial charge in [-0.2, -0.15) is 0 Å². The van der Waals surface area contributed by atoms with Gasteiger partial charge in [-0.3, -0.25) is 0 Å². The molecule has 2 aromatic carbocycles. The van der Waals surface area contributed by atoms with Gasteiger partial charge in [0.15, 0.2) is 0 Å². The average Bonchev–Trinajstić information content (AvgIpc) is 2.29. The molecule has 0 saturated heterocycles. The minimum absolute atomic E-state index is 0.217. The second-order valence-corrected chi connectivity index (χ2v) is 3.75. The number of rotatable bonds is 2. The van der Waals surface area contributed by atoms with Gasteiger partial charge in [0.05, 0.1) is 0 Å². The first-order valence-corrected chi connectivity index (χ1v) is 5.35. The second-order valence-electron chi connectivity index (χ2n) is 3.75. The van der Waals surface area contributed by atoms with Crippen LogP contribution in [-0.2, 0) is 6.42 Å². The van der Waals surface area contributed by atoms with Gasteiger partial charge < -0.3 is 5.73 Å². The summed E-state index contributed by atoms with van der Waals surface area (Å²) in [6.07, 6.45) is 0.892. The summed E-state index contributed by atoms with van der Waals surface area (Å²) in [4.78, 5) is 0. The van der Waals surface area contributed by atoms with Gasteiger partial charge in [0.25, 0.3) is 0 Å². The molecule has 0 atom stereocenters. The fraction of sp³-hybridized carbons (Fsp3) is 0.143. The van der Waals surface area contributed by atoms with Gasteiger partial charge in [0.1, 0.15) is 5.82 Å². The van der Waals surface area contributed by atoms with Crippen molar-refractivity contribution in [2.24, 2.45) is 0 Å². The van der Waals surface area contributed by atoms with Crippen molar-refractivity contribution < 1.29 is 4.39 Å². The quantitative estimate of drug-likeness (QED) is 0.760. The molecule has 0 aliphatic carbocycles. The standard InChI is InChI=1S/C14H14FN/c1-2-10-7-8-11(9-14(10)16)12-5-3-4-6-13(12)15/h3-9H,2,16H2,1H3. The van der Waals surface area contributed by atoms with Gasteiger partial charge >= 0.3 is 0 Å². The van der Waals surface area contributed by atoms with Crippen LogP contribution >= 0.6 is 0 Å². The zero-order valence-corrected chi connectivity index (χ0v) is 9.20. The summed E-state index contributed by atoms with van der Waals surface area (Å²) in [5, 5.41) is 0. The van der Waals surface area contributed by atoms with Gasteiger partial charge in [0, 0.05) is 11.3 Å². The Hall–Kier alpha value is -1.83. The van der Waals surface area contributed by atoms with E-state index in [1.165, 1.54) is 6.07 Å². The summed E-state index contributed by atoms with van der Waals surface area (Å²) in [6, 6.07) is 12.4. The van der Waals surface area contributed by atoms with E-state index < -0.39 is 0 Å². The molecular formula is C14H14FN. The second kappa shape index (κ2) is 4.35. The van der Waals surface area contributed by atoms with Gasteiger partial charge in [-0.25, -0.2) is 4.39 Å². The van der Waals surface area contributed by atoms with Crippen LogP contribution in [0.3, 0.4) is 0 Å². The van der Waals surface area contributed by atoms with E-state index in [2.05, 4.69) is 6.92 Å². The number of hydrogen-bond donors (Lipinski definition) is 1. The highest BCUT2D eigenvalue weighted by molar-refractivity contribution is 5.69. The molecule has 2 rings (SSSR count). The summed E-state index contributed by atoms with van der Waals surface area (Å²) in [5.41, 5.74) is 9.14. The zero-order chi connectivity index (χ0) is 11.5. The SMILES string of the molecule is CCc1ccc(-c2ccccc2F)cc1N. The van der Waals surface area contributed by atoms with Crippen molar-refractivity contribution in [1.82, 2.24) is 0 Å². The summed E-state index contributed by atoms with van der Waals surface area (Å²) in [6.45, 7) is 2.05. The van der Waals surface area contributed by atoms with E-state index in [9.17, 15) is 4.39 Å². The molecule has 2 aromatic rings. The van der Waals surface area contributed by atoms with E-state index in [0.29, 0.717) is 5.56 Å². The van der Waals surface area contributed by atoms with E-state index in [0.717, 1.165) is 23.2 Å². The van der Waals surface area contributed by atoms with Crippen molar-refractivity contribution >= 4 is 5.69 Å². The summed E-state index contributed by atoms with van der Waals surface area (Å²) >= 11 is 0. The van der Waals surface area contributed by atoms with Gasteiger partial charge in [-0.1, -0.05) is 37.3 Å². The Bertz CT molecular complexity index is 506. The predicted octanol–water partition coefficient (Wildman–Crippen LogP) is 3.64. The van der Waals surface area contributed by atoms with Crippen molar-refractivity contribution in [3.05, 3.63) is 53.8 Å². The molecule has 2 N–H and O–H groups in total. The van der Waals surface area contributed by atoms with Gasteiger partial charge in [0.2, 0.25) is 0 Å². The van der Waals surface area contributed by atoms with Crippen molar-refractivity contribution in [2.75, 3.05) is 5.73 Å². The Morgan fingerprint density at radius 2 is 1.88 bits per heavy atom. The minimum atomic E-state index is -0.217. The fourth-order valence-electron chi connectivity index (χ4n) is 1.78. The van der Waals surface area contributed by atoms with Crippen LogP contribution in [0, 0.1) is 5.82 Å². The first kappa shape index (κ1) is 10.7. The van der Waals surface area contributed by atoms with Crippen LogP contribution in [0.25, 0.3) is 11.1 Å². The molecule has 2 heteroatoms. The molecule has 0 amide bonds. The maximum atomic E-state index is 13.5. The van der Waals surface area contributed by atoms with Crippen molar-refractivity contribution in [3.8, 4) is 11.1 Å². The number of anilines is 1. The fourth-order valence-corrected chi connectivity index (χ4v) is 1.78. The molecule has 0 aromatic heterocycles. The summed E-state index contributed by atoms with van der Waals surface area (Å²) < 4.78 is 13.5. The highest BCUT2D eigenvalue weighted by atomic mass is 19.1. The lowest BCUT2D eigenvalue weighted by molar-refractivity contribution is 0.631. The molecule has 0 aliphatic rings. The van der Waals surface area contributed by atoms with Crippen LogP contribution < -0.4 is 5.73 Å². The number of benzene rings is 2. The minimum Gasteiger partial charge on any atom is -0.398 e. The highest BCUT2D eigenvalue weighted by Gasteiger charge is 2.05. The van der Waals surface area contributed by atoms with Crippen LogP contribution in [0.4, 0.5) is 10.1 Å². The smallest absolute Gasteiger partial charge is 0.131 e. The molecule has 82 valence electrons. The molecule has 0 bridgehead atoms. The van der Waals surface area contributed by atoms with E-state index in [1.807, 2.05) is 24.3 Å². The Balaban J connectivity index is 2.50. The molecule has 1 nitrogen and oxygen atoms in total. The number of halogens is 1. The zero-order valence-electron chi connectivity index (χ0n) is 9.20. The molecule has 0 aliphatic heterocycles. The molecule has 16 heavy (non-hydrogen) atoms. The first-order chi connectivity index (χ1) is 7.72. The van der Waals surface area contributed by atoms with Crippen LogP contribution in [0.2, 0.25) is 0 Å². The molecular weight excluding hydrogens is 201 g/mol. The van der Waals surface area contributed by atoms with Gasteiger partial charge in [-0.15, -0.1) is 0 Å². The van der Waals surface area contributed by atoms with Crippen LogP contribution in [0.15, 0.2) is 42.5 Å². The maximum absolute atomic E-state index is 13.5. The van der Waals surface area contributed by atoms with Crippen LogP contribution in [0.1, 0.15) is 12.5 Å². The Morgan fingerprint density at radius 1 is 1.12 bits per heavy atom. The first-order valence-electron chi connectivity index (χ1n) is 5.35. The van der Waals surface area contributed by atoms with Gasteiger partial charge in [-0.05, 0) is 29.7 Å². The molecule has 0 spiro atoms. The lowest BCUT2D eigenvalue weighted by atomic mass is 10.0. The Kier molecular flexibility index (Phi) is 2.91. The lowest BCUT2D eigenvalue weighted by Crippen LogP contribution is -1.93. The molecule has 0 fully saturated rings. The number of aryl methyl sites for hydroxylation is 1. The Labute approximate surface area is 94.7 Å². The average molecular weight is 215 g/mol. The third-order valence-electron chi connectivity index (χ3n) is 2.71. The summed E-state index contributed by atoms with van der Waals surface area (Å²) in [5.74, 6) is -0.217. The molecule has 0 heterocycles. The normalized spacial score (nSPS) is 10.4. The highest BCUT2D eigenvalue weighted by Crippen LogP contribution is 2.26. The summed E-state index contributed by atoms with van der Waals surface area (Å²) in [7, 11) is 0. The van der Waals surface area contributed by atoms with E-state index >= 15 is 0 Å². The number of nitrogen functional groups attached to an aromatic ring is 1. The van der Waals surface area contributed by atoms with E-state index in [-0.39, 0.29) is 5.82 Å². The maximum Gasteiger partial charge on any atom is 0.131 e. The number of hydrogen-bond acceptors (Lipinski definition) is 1. The van der Waals surface area contributed by atoms with Crippen molar-refractivity contribution in [2.45, 2.75) is 13.3 Å². The van der Waals surface area contributed by atoms with Crippen LogP contribution in [-0.4, -0.2) is 0 Å². The third-order valence-corrected chi connectivity index (χ3v) is 2.71. The topological polar surface area (TPSA) is 26.0 Å². The Morgan fingerprint density at radius 3 is 2.50 bits per heavy atom. The largest absolute Gasteiger partial charge is 0.398 e. The number of nitrogens with two attached hydrogens (primary N) is 1. The molecule has 0 radical (unpaired) electrons. The monoisotopic (exact) mass is 215 g/mol. The van der Waals surface area contributed by atoms with Crippen LogP contribution in [0.5, 0.6) is 0 Å². The third kappa shape index (κ3) is 1.91. The van der Waals surface area contributed by atoms with Crippen molar-refractivity contribution in [3.63, 3.8) is 0 Å².